The zero-order valence-corrected chi connectivity index (χ0v) is 15.6. The molecule has 2 aromatic rings. The lowest BCUT2D eigenvalue weighted by Gasteiger charge is -2.34. The maximum absolute atomic E-state index is 14.8. The van der Waals surface area contributed by atoms with Crippen LogP contribution in [0.4, 0.5) is 15.9 Å². The van der Waals surface area contributed by atoms with Gasteiger partial charge in [-0.05, 0) is 12.1 Å². The van der Waals surface area contributed by atoms with Crippen molar-refractivity contribution in [1.29, 1.82) is 0 Å². The molecule has 0 radical (unpaired) electrons. The van der Waals surface area contributed by atoms with Gasteiger partial charge in [-0.2, -0.15) is 0 Å². The molecule has 1 aliphatic rings. The van der Waals surface area contributed by atoms with Gasteiger partial charge in [0.05, 0.1) is 24.8 Å². The Morgan fingerprint density at radius 3 is 2.54 bits per heavy atom. The Morgan fingerprint density at radius 1 is 1.19 bits per heavy atom. The summed E-state index contributed by atoms with van der Waals surface area (Å²) in [6.45, 7) is 1.40. The van der Waals surface area contributed by atoms with E-state index >= 15 is 0 Å². The molecule has 0 saturated carbocycles. The Kier molecular flexibility index (Phi) is 4.86. The summed E-state index contributed by atoms with van der Waals surface area (Å²) >= 11 is 5.96. The highest BCUT2D eigenvalue weighted by Gasteiger charge is 2.30. The van der Waals surface area contributed by atoms with Gasteiger partial charge < -0.3 is 19.3 Å². The topological polar surface area (TPSA) is 67.8 Å². The maximum Gasteiger partial charge on any atom is 0.359 e. The average Bonchev–Trinajstić information content (AvgIpc) is 2.63. The minimum atomic E-state index is -0.692. The van der Waals surface area contributed by atoms with Gasteiger partial charge in [-0.25, -0.2) is 19.2 Å². The Labute approximate surface area is 155 Å². The number of anilines is 2. The van der Waals surface area contributed by atoms with Crippen molar-refractivity contribution in [1.82, 2.24) is 9.97 Å². The lowest BCUT2D eigenvalue weighted by molar-refractivity contribution is 0.0594. The van der Waals surface area contributed by atoms with E-state index < -0.39 is 11.8 Å². The minimum Gasteiger partial charge on any atom is -0.492 e. The van der Waals surface area contributed by atoms with Crippen molar-refractivity contribution >= 4 is 29.1 Å². The molecule has 0 saturated heterocycles. The van der Waals surface area contributed by atoms with Gasteiger partial charge in [-0.3, -0.25) is 0 Å². The molecule has 0 atom stereocenters. The van der Waals surface area contributed by atoms with Gasteiger partial charge >= 0.3 is 5.97 Å². The third-order valence-electron chi connectivity index (χ3n) is 4.25. The van der Waals surface area contributed by atoms with Crippen molar-refractivity contribution in [3.05, 3.63) is 28.7 Å². The van der Waals surface area contributed by atoms with Crippen molar-refractivity contribution in [3.8, 4) is 17.1 Å². The second kappa shape index (κ2) is 6.95. The van der Waals surface area contributed by atoms with Crippen molar-refractivity contribution in [2.45, 2.75) is 0 Å². The first-order valence-corrected chi connectivity index (χ1v) is 8.21. The van der Waals surface area contributed by atoms with Crippen LogP contribution in [0.3, 0.4) is 0 Å². The molecule has 0 unspecified atom stereocenters. The van der Waals surface area contributed by atoms with Crippen molar-refractivity contribution < 1.29 is 18.7 Å². The summed E-state index contributed by atoms with van der Waals surface area (Å²) in [5.41, 5.74) is 0.714. The van der Waals surface area contributed by atoms with Gasteiger partial charge in [-0.1, -0.05) is 11.6 Å². The van der Waals surface area contributed by atoms with E-state index in [2.05, 4.69) is 9.97 Å². The summed E-state index contributed by atoms with van der Waals surface area (Å²) in [6, 6.07) is 2.95. The lowest BCUT2D eigenvalue weighted by Crippen LogP contribution is -2.39. The standard InChI is InChI=1S/C17H18ClFN4O3/c1-22-7-8-23(2)16-13(22)12(17(24)26-4)20-15(21-16)9-5-6-10(18)14(25-3)11(9)19/h5-6H,7-8H2,1-4H3. The molecule has 2 heterocycles. The number of methoxy groups -OCH3 is 2. The molecule has 3 rings (SSSR count). The number of likely N-dealkylation sites (N-methyl/N-ethyl adjacent to an activating group) is 2. The van der Waals surface area contributed by atoms with Crippen LogP contribution in [0.25, 0.3) is 11.4 Å². The third-order valence-corrected chi connectivity index (χ3v) is 4.55. The molecule has 0 spiro atoms. The monoisotopic (exact) mass is 380 g/mol. The molecule has 7 nitrogen and oxygen atoms in total. The fourth-order valence-electron chi connectivity index (χ4n) is 2.83. The Morgan fingerprint density at radius 2 is 1.88 bits per heavy atom. The lowest BCUT2D eigenvalue weighted by atomic mass is 10.1. The number of halogens is 2. The number of carbonyl (C=O) groups excluding carboxylic acids is 1. The van der Waals surface area contributed by atoms with Crippen LogP contribution in [0.1, 0.15) is 10.5 Å². The summed E-state index contributed by atoms with van der Waals surface area (Å²) in [5.74, 6) is -0.831. The molecule has 1 aliphatic heterocycles. The van der Waals surface area contributed by atoms with Crippen LogP contribution >= 0.6 is 11.6 Å². The van der Waals surface area contributed by atoms with Crippen LogP contribution in [-0.2, 0) is 4.74 Å². The Bertz CT molecular complexity index is 878. The summed E-state index contributed by atoms with van der Waals surface area (Å²) in [5, 5.41) is 0.136. The number of hydrogen-bond donors (Lipinski definition) is 0. The number of rotatable bonds is 3. The van der Waals surface area contributed by atoms with Crippen LogP contribution in [0.5, 0.6) is 5.75 Å². The minimum absolute atomic E-state index is 0.0544. The van der Waals surface area contributed by atoms with Crippen LogP contribution in [-0.4, -0.2) is 57.3 Å². The molecule has 1 aromatic carbocycles. The van der Waals surface area contributed by atoms with E-state index in [1.54, 1.807) is 0 Å². The summed E-state index contributed by atoms with van der Waals surface area (Å²) < 4.78 is 24.7. The highest BCUT2D eigenvalue weighted by Crippen LogP contribution is 2.38. The van der Waals surface area contributed by atoms with E-state index in [1.165, 1.54) is 26.4 Å². The SMILES string of the molecule is COC(=O)c1nc(-c2ccc(Cl)c(OC)c2F)nc2c1N(C)CCN2C. The predicted octanol–water partition coefficient (Wildman–Crippen LogP) is 2.62. The van der Waals surface area contributed by atoms with E-state index in [-0.39, 0.29) is 27.9 Å². The highest BCUT2D eigenvalue weighted by molar-refractivity contribution is 6.32. The van der Waals surface area contributed by atoms with Crippen molar-refractivity contribution in [2.24, 2.45) is 0 Å². The molecule has 1 aromatic heterocycles. The quantitative estimate of drug-likeness (QED) is 0.758. The molecule has 0 aliphatic carbocycles. The Balaban J connectivity index is 2.28. The van der Waals surface area contributed by atoms with Crippen LogP contribution < -0.4 is 14.5 Å². The van der Waals surface area contributed by atoms with Gasteiger partial charge in [0.1, 0.15) is 5.69 Å². The number of fused-ring (bicyclic) bond motifs is 1. The van der Waals surface area contributed by atoms with Gasteiger partial charge in [0, 0.05) is 27.2 Å². The summed E-state index contributed by atoms with van der Waals surface area (Å²) in [6.07, 6.45) is 0. The fraction of sp³-hybridized carbons (Fsp3) is 0.353. The number of esters is 1. The molecule has 0 N–H and O–H groups in total. The smallest absolute Gasteiger partial charge is 0.359 e. The first-order valence-electron chi connectivity index (χ1n) is 7.84. The van der Waals surface area contributed by atoms with Crippen LogP contribution in [0, 0.1) is 5.82 Å². The zero-order valence-electron chi connectivity index (χ0n) is 14.8. The number of aromatic nitrogens is 2. The van der Waals surface area contributed by atoms with Crippen LogP contribution in [0.15, 0.2) is 12.1 Å². The maximum atomic E-state index is 14.8. The second-order valence-corrected chi connectivity index (χ2v) is 6.25. The molecule has 138 valence electrons. The van der Waals surface area contributed by atoms with Gasteiger partial charge in [0.15, 0.2) is 28.9 Å². The molecule has 26 heavy (non-hydrogen) atoms. The van der Waals surface area contributed by atoms with E-state index in [9.17, 15) is 9.18 Å². The zero-order chi connectivity index (χ0) is 19.0. The molecule has 0 bridgehead atoms. The summed E-state index contributed by atoms with van der Waals surface area (Å²) in [4.78, 5) is 24.8. The van der Waals surface area contributed by atoms with Gasteiger partial charge in [0.25, 0.3) is 0 Å². The van der Waals surface area contributed by atoms with E-state index in [4.69, 9.17) is 21.1 Å². The molecular formula is C17H18ClFN4O3. The number of ether oxygens (including phenoxy) is 2. The van der Waals surface area contributed by atoms with E-state index in [0.29, 0.717) is 24.6 Å². The highest BCUT2D eigenvalue weighted by atomic mass is 35.5. The second-order valence-electron chi connectivity index (χ2n) is 5.84. The predicted molar refractivity (Wildman–Crippen MR) is 96.9 cm³/mol. The number of carbonyl (C=O) groups is 1. The Hall–Kier alpha value is -2.61. The molecule has 0 fully saturated rings. The van der Waals surface area contributed by atoms with E-state index in [0.717, 1.165) is 0 Å². The number of nitrogens with zero attached hydrogens (tertiary/aromatic N) is 4. The number of benzene rings is 1. The van der Waals surface area contributed by atoms with Gasteiger partial charge in [-0.15, -0.1) is 0 Å². The normalized spacial score (nSPS) is 13.5. The largest absolute Gasteiger partial charge is 0.492 e. The van der Waals surface area contributed by atoms with E-state index in [1.807, 2.05) is 23.9 Å². The number of hydrogen-bond acceptors (Lipinski definition) is 7. The molecular weight excluding hydrogens is 363 g/mol. The fourth-order valence-corrected chi connectivity index (χ4v) is 3.05. The van der Waals surface area contributed by atoms with Gasteiger partial charge in [0.2, 0.25) is 0 Å². The van der Waals surface area contributed by atoms with Crippen molar-refractivity contribution in [2.75, 3.05) is 51.2 Å². The summed E-state index contributed by atoms with van der Waals surface area (Å²) in [7, 11) is 6.29. The van der Waals surface area contributed by atoms with Crippen LogP contribution in [0.2, 0.25) is 5.02 Å². The van der Waals surface area contributed by atoms with Crippen molar-refractivity contribution in [3.63, 3.8) is 0 Å². The molecule has 9 heteroatoms. The molecule has 0 amide bonds. The average molecular weight is 381 g/mol. The first-order chi connectivity index (χ1) is 12.4. The first kappa shape index (κ1) is 18.2. The third kappa shape index (κ3) is 2.90.